The predicted octanol–water partition coefficient (Wildman–Crippen LogP) is 2.78. The molecule has 156 valence electrons. The molecule has 3 N–H and O–H groups in total. The number of carbonyl (C=O) groups excluding carboxylic acids is 2. The molecule has 1 aromatic heterocycles. The minimum absolute atomic E-state index is 0.0965. The van der Waals surface area contributed by atoms with E-state index >= 15 is 0 Å². The van der Waals surface area contributed by atoms with Crippen LogP contribution >= 0.6 is 0 Å². The minimum atomic E-state index is -1.41. The van der Waals surface area contributed by atoms with Gasteiger partial charge in [0.05, 0.1) is 12.8 Å². The molecule has 3 rings (SSSR count). The summed E-state index contributed by atoms with van der Waals surface area (Å²) in [5.74, 6) is -1.29. The molecule has 0 saturated carbocycles. The van der Waals surface area contributed by atoms with E-state index in [4.69, 9.17) is 4.42 Å². The third-order valence-corrected chi connectivity index (χ3v) is 4.72. The summed E-state index contributed by atoms with van der Waals surface area (Å²) in [6, 6.07) is 16.9. The third-order valence-electron chi connectivity index (χ3n) is 4.72. The van der Waals surface area contributed by atoms with Crippen molar-refractivity contribution in [2.75, 3.05) is 6.54 Å². The van der Waals surface area contributed by atoms with Gasteiger partial charge < -0.3 is 20.2 Å². The highest BCUT2D eigenvalue weighted by Crippen LogP contribution is 2.20. The Morgan fingerprint density at radius 2 is 1.77 bits per heavy atom. The highest BCUT2D eigenvalue weighted by molar-refractivity contribution is 5.95. The minimum Gasteiger partial charge on any atom is -0.459 e. The van der Waals surface area contributed by atoms with Crippen molar-refractivity contribution >= 4 is 11.8 Å². The van der Waals surface area contributed by atoms with Crippen LogP contribution in [0, 0.1) is 5.82 Å². The van der Waals surface area contributed by atoms with E-state index in [9.17, 15) is 19.1 Å². The molecule has 0 unspecified atom stereocenters. The lowest BCUT2D eigenvalue weighted by atomic mass is 9.95. The zero-order valence-corrected chi connectivity index (χ0v) is 16.5. The van der Waals surface area contributed by atoms with Crippen LogP contribution in [0.25, 0.3) is 0 Å². The van der Waals surface area contributed by atoms with Gasteiger partial charge in [-0.2, -0.15) is 0 Å². The van der Waals surface area contributed by atoms with E-state index in [0.717, 1.165) is 5.56 Å². The number of amides is 2. The Labute approximate surface area is 173 Å². The van der Waals surface area contributed by atoms with Crippen molar-refractivity contribution in [1.82, 2.24) is 10.6 Å². The van der Waals surface area contributed by atoms with Gasteiger partial charge in [0.2, 0.25) is 5.91 Å². The number of hydrogen-bond acceptors (Lipinski definition) is 4. The van der Waals surface area contributed by atoms with Gasteiger partial charge >= 0.3 is 0 Å². The summed E-state index contributed by atoms with van der Waals surface area (Å²) in [6.07, 6.45) is 1.64. The molecule has 1 heterocycles. The summed E-state index contributed by atoms with van der Waals surface area (Å²) >= 11 is 0. The molecule has 0 spiro atoms. The number of rotatable bonds is 8. The van der Waals surface area contributed by atoms with E-state index in [-0.39, 0.29) is 18.7 Å². The normalized spacial score (nSPS) is 13.8. The van der Waals surface area contributed by atoms with E-state index in [2.05, 4.69) is 10.6 Å². The van der Waals surface area contributed by atoms with Crippen LogP contribution in [0.4, 0.5) is 4.39 Å². The van der Waals surface area contributed by atoms with Gasteiger partial charge in [-0.05, 0) is 42.3 Å². The van der Waals surface area contributed by atoms with Crippen molar-refractivity contribution in [3.05, 3.63) is 95.7 Å². The van der Waals surface area contributed by atoms with Crippen LogP contribution in [0.15, 0.2) is 77.4 Å². The molecule has 0 bridgehead atoms. The predicted molar refractivity (Wildman–Crippen MR) is 109 cm³/mol. The summed E-state index contributed by atoms with van der Waals surface area (Å²) in [5, 5.41) is 16.0. The first kappa shape index (κ1) is 21.3. The van der Waals surface area contributed by atoms with E-state index < -0.39 is 29.3 Å². The maximum Gasteiger partial charge on any atom is 0.287 e. The SMILES string of the molecule is C[C@@](O)(CNC(=O)[C@@H](Cc1ccccc1)NC(=O)c1ccco1)c1ccc(F)cc1. The van der Waals surface area contributed by atoms with E-state index in [0.29, 0.717) is 5.56 Å². The topological polar surface area (TPSA) is 91.6 Å². The van der Waals surface area contributed by atoms with Gasteiger partial charge in [-0.3, -0.25) is 9.59 Å². The van der Waals surface area contributed by atoms with Crippen molar-refractivity contribution in [1.29, 1.82) is 0 Å². The Hall–Kier alpha value is -3.45. The third kappa shape index (κ3) is 5.55. The monoisotopic (exact) mass is 410 g/mol. The molecule has 0 radical (unpaired) electrons. The highest BCUT2D eigenvalue weighted by Gasteiger charge is 2.28. The highest BCUT2D eigenvalue weighted by atomic mass is 19.1. The maximum atomic E-state index is 13.1. The number of furan rings is 1. The van der Waals surface area contributed by atoms with Crippen LogP contribution in [0.1, 0.15) is 28.6 Å². The zero-order chi connectivity index (χ0) is 21.6. The van der Waals surface area contributed by atoms with E-state index in [1.807, 2.05) is 30.3 Å². The molecule has 7 heteroatoms. The molecule has 2 atom stereocenters. The fourth-order valence-electron chi connectivity index (χ4n) is 2.99. The quantitative estimate of drug-likeness (QED) is 0.533. The van der Waals surface area contributed by atoms with Crippen LogP contribution in [-0.2, 0) is 16.8 Å². The van der Waals surface area contributed by atoms with Gasteiger partial charge in [-0.15, -0.1) is 0 Å². The van der Waals surface area contributed by atoms with Gasteiger partial charge in [0.15, 0.2) is 5.76 Å². The lowest BCUT2D eigenvalue weighted by Crippen LogP contribution is -2.50. The molecule has 2 aromatic carbocycles. The smallest absolute Gasteiger partial charge is 0.287 e. The second-order valence-corrected chi connectivity index (χ2v) is 7.19. The van der Waals surface area contributed by atoms with Gasteiger partial charge in [0, 0.05) is 6.42 Å². The summed E-state index contributed by atoms with van der Waals surface area (Å²) in [7, 11) is 0. The number of benzene rings is 2. The van der Waals surface area contributed by atoms with Gasteiger partial charge in [-0.1, -0.05) is 42.5 Å². The van der Waals surface area contributed by atoms with E-state index in [1.54, 1.807) is 6.07 Å². The lowest BCUT2D eigenvalue weighted by Gasteiger charge is -2.26. The Morgan fingerprint density at radius 1 is 1.07 bits per heavy atom. The average molecular weight is 410 g/mol. The Morgan fingerprint density at radius 3 is 2.40 bits per heavy atom. The molecule has 0 aliphatic heterocycles. The van der Waals surface area contributed by atoms with Crippen LogP contribution < -0.4 is 10.6 Å². The van der Waals surface area contributed by atoms with Gasteiger partial charge in [0.1, 0.15) is 17.5 Å². The summed E-state index contributed by atoms with van der Waals surface area (Å²) < 4.78 is 18.2. The largest absolute Gasteiger partial charge is 0.459 e. The Balaban J connectivity index is 1.70. The molecule has 30 heavy (non-hydrogen) atoms. The van der Waals surface area contributed by atoms with E-state index in [1.165, 1.54) is 43.5 Å². The second kappa shape index (κ2) is 9.37. The zero-order valence-electron chi connectivity index (χ0n) is 16.5. The molecular weight excluding hydrogens is 387 g/mol. The lowest BCUT2D eigenvalue weighted by molar-refractivity contribution is -0.124. The molecule has 3 aromatic rings. The van der Waals surface area contributed by atoms with Crippen molar-refractivity contribution < 1.29 is 23.5 Å². The first-order valence-corrected chi connectivity index (χ1v) is 9.49. The number of halogens is 1. The number of nitrogens with one attached hydrogen (secondary N) is 2. The first-order chi connectivity index (χ1) is 14.3. The maximum absolute atomic E-state index is 13.1. The van der Waals surface area contributed by atoms with Crippen molar-refractivity contribution in [2.45, 2.75) is 25.0 Å². The number of aliphatic hydroxyl groups is 1. The van der Waals surface area contributed by atoms with Crippen molar-refractivity contribution in [3.63, 3.8) is 0 Å². The number of hydrogen-bond donors (Lipinski definition) is 3. The summed E-state index contributed by atoms with van der Waals surface area (Å²) in [5.41, 5.74) is -0.0859. The Bertz CT molecular complexity index is 970. The molecule has 0 saturated heterocycles. The van der Waals surface area contributed by atoms with Crippen molar-refractivity contribution in [2.24, 2.45) is 0 Å². The molecule has 2 amide bonds. The van der Waals surface area contributed by atoms with Crippen LogP contribution in [-0.4, -0.2) is 29.5 Å². The molecular formula is C23H23FN2O4. The summed E-state index contributed by atoms with van der Waals surface area (Å²) in [4.78, 5) is 25.3. The molecule has 0 aliphatic rings. The molecule has 6 nitrogen and oxygen atoms in total. The van der Waals surface area contributed by atoms with Crippen molar-refractivity contribution in [3.8, 4) is 0 Å². The summed E-state index contributed by atoms with van der Waals surface area (Å²) in [6.45, 7) is 1.41. The standard InChI is InChI=1S/C23H23FN2O4/c1-23(29,17-9-11-18(24)12-10-17)15-25-21(27)19(14-16-6-3-2-4-7-16)26-22(28)20-8-5-13-30-20/h2-13,19,29H,14-15H2,1H3,(H,25,27)(H,26,28)/t19-,23-/m1/s1. The number of carbonyl (C=O) groups is 2. The van der Waals surface area contributed by atoms with Crippen LogP contribution in [0.5, 0.6) is 0 Å². The van der Waals surface area contributed by atoms with Gasteiger partial charge in [-0.25, -0.2) is 4.39 Å². The fourth-order valence-corrected chi connectivity index (χ4v) is 2.99. The van der Waals surface area contributed by atoms with Gasteiger partial charge in [0.25, 0.3) is 5.91 Å². The first-order valence-electron chi connectivity index (χ1n) is 9.49. The average Bonchev–Trinajstić information content (AvgIpc) is 3.28. The Kier molecular flexibility index (Phi) is 6.64. The van der Waals surface area contributed by atoms with Crippen LogP contribution in [0.2, 0.25) is 0 Å². The second-order valence-electron chi connectivity index (χ2n) is 7.19. The molecule has 0 aliphatic carbocycles. The van der Waals surface area contributed by atoms with Crippen LogP contribution in [0.3, 0.4) is 0 Å². The molecule has 0 fully saturated rings. The fraction of sp³-hybridized carbons (Fsp3) is 0.217.